The number of carbonyl (C=O) groups is 1. The first-order valence-corrected chi connectivity index (χ1v) is 6.41. The fourth-order valence-corrected chi connectivity index (χ4v) is 1.71. The summed E-state index contributed by atoms with van der Waals surface area (Å²) in [6, 6.07) is 5.44. The average Bonchev–Trinajstić information content (AvgIpc) is 2.85. The number of hydrogen-bond donors (Lipinski definition) is 2. The number of carbonyl (C=O) groups excluding carboxylic acids is 1. The van der Waals surface area contributed by atoms with Gasteiger partial charge in [0.1, 0.15) is 5.69 Å². The van der Waals surface area contributed by atoms with Crippen molar-refractivity contribution in [2.24, 2.45) is 5.73 Å². The van der Waals surface area contributed by atoms with Gasteiger partial charge in [0.2, 0.25) is 0 Å². The molecule has 0 saturated carbocycles. The first kappa shape index (κ1) is 14.2. The van der Waals surface area contributed by atoms with Crippen LogP contribution in [0.4, 0.5) is 0 Å². The highest BCUT2D eigenvalue weighted by molar-refractivity contribution is 5.90. The Balaban J connectivity index is 2.29. The highest BCUT2D eigenvalue weighted by Gasteiger charge is 2.13. The summed E-state index contributed by atoms with van der Waals surface area (Å²) in [5, 5.41) is 7.54. The monoisotopic (exact) mass is 273 g/mol. The summed E-state index contributed by atoms with van der Waals surface area (Å²) < 4.78 is 1.57. The van der Waals surface area contributed by atoms with E-state index in [2.05, 4.69) is 36.2 Å². The van der Waals surface area contributed by atoms with Crippen LogP contribution in [-0.4, -0.2) is 26.2 Å². The fourth-order valence-electron chi connectivity index (χ4n) is 1.71. The molecule has 20 heavy (non-hydrogen) atoms. The van der Waals surface area contributed by atoms with E-state index in [-0.39, 0.29) is 11.2 Å². The lowest BCUT2D eigenvalue weighted by Crippen LogP contribution is -2.35. The standard InChI is InChI=1S/C14H19N5O/c1-14(2,3)17-9-10-5-4-7-16-13(10)19-8-6-11(18-19)12(15)20/h4-8,17H,9H2,1-3H3,(H2,15,20). The molecule has 2 heterocycles. The lowest BCUT2D eigenvalue weighted by atomic mass is 10.1. The normalized spacial score (nSPS) is 11.6. The van der Waals surface area contributed by atoms with Crippen LogP contribution in [0.1, 0.15) is 36.8 Å². The van der Waals surface area contributed by atoms with Gasteiger partial charge in [0.25, 0.3) is 5.91 Å². The molecule has 1 amide bonds. The molecular weight excluding hydrogens is 254 g/mol. The molecule has 0 saturated heterocycles. The molecule has 0 spiro atoms. The number of pyridine rings is 1. The topological polar surface area (TPSA) is 85.8 Å². The summed E-state index contributed by atoms with van der Waals surface area (Å²) in [6.45, 7) is 6.96. The van der Waals surface area contributed by atoms with Crippen molar-refractivity contribution in [3.8, 4) is 5.82 Å². The Kier molecular flexibility index (Phi) is 3.85. The van der Waals surface area contributed by atoms with Crippen molar-refractivity contribution in [1.29, 1.82) is 0 Å². The first-order chi connectivity index (χ1) is 9.37. The van der Waals surface area contributed by atoms with Crippen molar-refractivity contribution in [1.82, 2.24) is 20.1 Å². The molecule has 0 aromatic carbocycles. The molecular formula is C14H19N5O. The summed E-state index contributed by atoms with van der Waals surface area (Å²) in [5.41, 5.74) is 6.45. The van der Waals surface area contributed by atoms with E-state index >= 15 is 0 Å². The van der Waals surface area contributed by atoms with E-state index < -0.39 is 5.91 Å². The third-order valence-electron chi connectivity index (χ3n) is 2.74. The SMILES string of the molecule is CC(C)(C)NCc1cccnc1-n1ccc(C(N)=O)n1. The number of primary amides is 1. The second kappa shape index (κ2) is 5.42. The first-order valence-electron chi connectivity index (χ1n) is 6.41. The van der Waals surface area contributed by atoms with Gasteiger partial charge in [-0.25, -0.2) is 9.67 Å². The van der Waals surface area contributed by atoms with Crippen LogP contribution in [0, 0.1) is 0 Å². The maximum absolute atomic E-state index is 11.1. The Bertz CT molecular complexity index is 612. The molecule has 0 bridgehead atoms. The number of nitrogens with zero attached hydrogens (tertiary/aromatic N) is 3. The van der Waals surface area contributed by atoms with Crippen LogP contribution in [0.2, 0.25) is 0 Å². The quantitative estimate of drug-likeness (QED) is 0.878. The van der Waals surface area contributed by atoms with Crippen molar-refractivity contribution >= 4 is 5.91 Å². The van der Waals surface area contributed by atoms with Crippen molar-refractivity contribution in [2.75, 3.05) is 0 Å². The molecule has 0 unspecified atom stereocenters. The average molecular weight is 273 g/mol. The van der Waals surface area contributed by atoms with Gasteiger partial charge in [-0.2, -0.15) is 5.10 Å². The van der Waals surface area contributed by atoms with Crippen LogP contribution in [0.5, 0.6) is 0 Å². The molecule has 3 N–H and O–H groups in total. The highest BCUT2D eigenvalue weighted by atomic mass is 16.1. The minimum absolute atomic E-state index is 0.00954. The molecule has 0 aliphatic carbocycles. The van der Waals surface area contributed by atoms with Gasteiger partial charge in [0, 0.05) is 30.0 Å². The molecule has 0 atom stereocenters. The van der Waals surface area contributed by atoms with Crippen LogP contribution in [0.3, 0.4) is 0 Å². The number of nitrogens with two attached hydrogens (primary N) is 1. The minimum Gasteiger partial charge on any atom is -0.364 e. The lowest BCUT2D eigenvalue weighted by molar-refractivity contribution is 0.0995. The Labute approximate surface area is 118 Å². The molecule has 2 aromatic rings. The van der Waals surface area contributed by atoms with E-state index in [1.54, 1.807) is 23.1 Å². The summed E-state index contributed by atoms with van der Waals surface area (Å²) in [6.07, 6.45) is 3.38. The van der Waals surface area contributed by atoms with Gasteiger partial charge in [0.15, 0.2) is 5.82 Å². The van der Waals surface area contributed by atoms with Crippen LogP contribution in [0.15, 0.2) is 30.6 Å². The Morgan fingerprint density at radius 2 is 2.15 bits per heavy atom. The smallest absolute Gasteiger partial charge is 0.269 e. The number of aromatic nitrogens is 3. The third kappa shape index (κ3) is 3.42. The van der Waals surface area contributed by atoms with Gasteiger partial charge in [-0.15, -0.1) is 0 Å². The van der Waals surface area contributed by atoms with E-state index in [0.29, 0.717) is 12.4 Å². The van der Waals surface area contributed by atoms with Crippen LogP contribution in [-0.2, 0) is 6.54 Å². The molecule has 0 fully saturated rings. The third-order valence-corrected chi connectivity index (χ3v) is 2.74. The molecule has 0 aliphatic rings. The predicted octanol–water partition coefficient (Wildman–Crippen LogP) is 1.25. The van der Waals surface area contributed by atoms with E-state index in [0.717, 1.165) is 5.56 Å². The molecule has 0 radical (unpaired) electrons. The number of nitrogens with one attached hydrogen (secondary N) is 1. The van der Waals surface area contributed by atoms with Crippen LogP contribution < -0.4 is 11.1 Å². The van der Waals surface area contributed by atoms with Crippen molar-refractivity contribution < 1.29 is 4.79 Å². The second-order valence-electron chi connectivity index (χ2n) is 5.60. The second-order valence-corrected chi connectivity index (χ2v) is 5.60. The highest BCUT2D eigenvalue weighted by Crippen LogP contribution is 2.12. The van der Waals surface area contributed by atoms with Gasteiger partial charge < -0.3 is 11.1 Å². The molecule has 6 heteroatoms. The zero-order valence-electron chi connectivity index (χ0n) is 11.9. The molecule has 6 nitrogen and oxygen atoms in total. The van der Waals surface area contributed by atoms with E-state index in [4.69, 9.17) is 5.73 Å². The number of hydrogen-bond acceptors (Lipinski definition) is 4. The van der Waals surface area contributed by atoms with E-state index in [1.807, 2.05) is 12.1 Å². The van der Waals surface area contributed by atoms with Gasteiger partial charge >= 0.3 is 0 Å². The Morgan fingerprint density at radius 1 is 1.40 bits per heavy atom. The Morgan fingerprint density at radius 3 is 2.75 bits per heavy atom. The summed E-state index contributed by atoms with van der Waals surface area (Å²) >= 11 is 0. The van der Waals surface area contributed by atoms with Gasteiger partial charge in [-0.1, -0.05) is 6.07 Å². The van der Waals surface area contributed by atoms with Crippen molar-refractivity contribution in [3.05, 3.63) is 41.9 Å². The summed E-state index contributed by atoms with van der Waals surface area (Å²) in [4.78, 5) is 15.4. The van der Waals surface area contributed by atoms with Crippen molar-refractivity contribution in [2.45, 2.75) is 32.9 Å². The summed E-state index contributed by atoms with van der Waals surface area (Å²) in [5.74, 6) is 0.144. The zero-order chi connectivity index (χ0) is 14.8. The van der Waals surface area contributed by atoms with Crippen LogP contribution in [0.25, 0.3) is 5.82 Å². The predicted molar refractivity (Wildman–Crippen MR) is 76.5 cm³/mol. The summed E-state index contributed by atoms with van der Waals surface area (Å²) in [7, 11) is 0. The van der Waals surface area contributed by atoms with Crippen molar-refractivity contribution in [3.63, 3.8) is 0 Å². The number of rotatable bonds is 4. The zero-order valence-corrected chi connectivity index (χ0v) is 11.9. The largest absolute Gasteiger partial charge is 0.364 e. The fraction of sp³-hybridized carbons (Fsp3) is 0.357. The van der Waals surface area contributed by atoms with Gasteiger partial charge in [-0.05, 0) is 32.9 Å². The van der Waals surface area contributed by atoms with Gasteiger partial charge in [0.05, 0.1) is 0 Å². The maximum Gasteiger partial charge on any atom is 0.269 e. The molecule has 2 aromatic heterocycles. The molecule has 2 rings (SSSR count). The lowest BCUT2D eigenvalue weighted by Gasteiger charge is -2.21. The van der Waals surface area contributed by atoms with E-state index in [9.17, 15) is 4.79 Å². The number of amides is 1. The van der Waals surface area contributed by atoms with E-state index in [1.165, 1.54) is 0 Å². The molecule has 106 valence electrons. The minimum atomic E-state index is -0.547. The van der Waals surface area contributed by atoms with Gasteiger partial charge in [-0.3, -0.25) is 4.79 Å². The maximum atomic E-state index is 11.1. The Hall–Kier alpha value is -2.21. The molecule has 0 aliphatic heterocycles. The van der Waals surface area contributed by atoms with Crippen LogP contribution >= 0.6 is 0 Å².